The molecular formula is C45H74NO9P. The number of aliphatic hydroxyl groups excluding tert-OH is 1. The molecule has 4 N–H and O–H groups in total. The molecule has 0 radical (unpaired) electrons. The molecule has 0 aromatic rings. The fourth-order valence-electron chi connectivity index (χ4n) is 4.97. The lowest BCUT2D eigenvalue weighted by atomic mass is 10.1. The highest BCUT2D eigenvalue weighted by molar-refractivity contribution is 7.47. The van der Waals surface area contributed by atoms with Crippen molar-refractivity contribution in [3.63, 3.8) is 0 Å². The van der Waals surface area contributed by atoms with E-state index in [1.807, 2.05) is 24.3 Å². The van der Waals surface area contributed by atoms with Crippen molar-refractivity contribution in [1.29, 1.82) is 0 Å². The topological polar surface area (TPSA) is 155 Å². The Morgan fingerprint density at radius 2 is 1.20 bits per heavy atom. The van der Waals surface area contributed by atoms with Crippen LogP contribution in [0.5, 0.6) is 0 Å². The van der Waals surface area contributed by atoms with Crippen LogP contribution < -0.4 is 5.73 Å². The van der Waals surface area contributed by atoms with E-state index in [2.05, 4.69) is 74.6 Å². The Labute approximate surface area is 339 Å². The fraction of sp³-hybridized carbons (Fsp3) is 0.600. The molecule has 0 spiro atoms. The number of aliphatic hydroxyl groups is 1. The van der Waals surface area contributed by atoms with Crippen molar-refractivity contribution in [2.24, 2.45) is 5.73 Å². The van der Waals surface area contributed by atoms with Gasteiger partial charge in [0.15, 0.2) is 6.10 Å². The number of hydrogen-bond donors (Lipinski definition) is 3. The second-order valence-electron chi connectivity index (χ2n) is 13.3. The van der Waals surface area contributed by atoms with Gasteiger partial charge in [-0.05, 0) is 77.0 Å². The molecule has 0 heterocycles. The van der Waals surface area contributed by atoms with Gasteiger partial charge in [-0.2, -0.15) is 0 Å². The highest BCUT2D eigenvalue weighted by atomic mass is 31.2. The molecule has 0 fully saturated rings. The summed E-state index contributed by atoms with van der Waals surface area (Å²) >= 11 is 0. The SMILES string of the molecule is CC/C=C\C/C=C\C/C=C\C/C=C\C/C=C\CCCC(=O)O[C@H](COC(=O)CCCC(O)/C=C/C=C/C/C=C/CCCCCCCC)COP(=O)(O)OCCN. The second-order valence-corrected chi connectivity index (χ2v) is 14.8. The van der Waals surface area contributed by atoms with Gasteiger partial charge in [0.2, 0.25) is 0 Å². The Hall–Kier alpha value is -3.11. The molecule has 0 amide bonds. The fourth-order valence-corrected chi connectivity index (χ4v) is 5.74. The first-order chi connectivity index (χ1) is 27.2. The lowest BCUT2D eigenvalue weighted by molar-refractivity contribution is -0.161. The number of phosphoric acid groups is 1. The van der Waals surface area contributed by atoms with Crippen molar-refractivity contribution < 1.29 is 42.7 Å². The summed E-state index contributed by atoms with van der Waals surface area (Å²) in [6, 6.07) is 0. The molecule has 0 bridgehead atoms. The molecular weight excluding hydrogens is 729 g/mol. The molecule has 56 heavy (non-hydrogen) atoms. The third kappa shape index (κ3) is 39.1. The van der Waals surface area contributed by atoms with Crippen LogP contribution in [-0.2, 0) is 32.7 Å². The van der Waals surface area contributed by atoms with Crippen LogP contribution in [0.15, 0.2) is 97.2 Å². The van der Waals surface area contributed by atoms with Crippen molar-refractivity contribution >= 4 is 19.8 Å². The van der Waals surface area contributed by atoms with Gasteiger partial charge in [0.05, 0.1) is 19.3 Å². The van der Waals surface area contributed by atoms with E-state index in [1.54, 1.807) is 12.2 Å². The van der Waals surface area contributed by atoms with Crippen LogP contribution in [0.2, 0.25) is 0 Å². The highest BCUT2D eigenvalue weighted by Crippen LogP contribution is 2.43. The van der Waals surface area contributed by atoms with Gasteiger partial charge in [-0.1, -0.05) is 143 Å². The van der Waals surface area contributed by atoms with Crippen molar-refractivity contribution in [2.75, 3.05) is 26.4 Å². The molecule has 0 rings (SSSR count). The number of rotatable bonds is 37. The zero-order valence-corrected chi connectivity index (χ0v) is 35.3. The van der Waals surface area contributed by atoms with Crippen molar-refractivity contribution in [1.82, 2.24) is 0 Å². The average molecular weight is 804 g/mol. The minimum atomic E-state index is -4.44. The Bertz CT molecular complexity index is 1250. The minimum absolute atomic E-state index is 0.0139. The predicted molar refractivity (Wildman–Crippen MR) is 230 cm³/mol. The average Bonchev–Trinajstić information content (AvgIpc) is 3.18. The van der Waals surface area contributed by atoms with Crippen molar-refractivity contribution in [2.45, 2.75) is 148 Å². The second kappa shape index (κ2) is 40.1. The molecule has 0 aliphatic rings. The first-order valence-corrected chi connectivity index (χ1v) is 22.3. The molecule has 0 saturated carbocycles. The number of esters is 2. The normalized spacial score (nSPS) is 14.9. The number of carbonyl (C=O) groups excluding carboxylic acids is 2. The van der Waals surface area contributed by atoms with Crippen LogP contribution in [0.1, 0.15) is 136 Å². The Kier molecular flexibility index (Phi) is 37.9. The molecule has 0 aromatic heterocycles. The van der Waals surface area contributed by atoms with E-state index in [4.69, 9.17) is 24.3 Å². The first-order valence-electron chi connectivity index (χ1n) is 20.8. The summed E-state index contributed by atoms with van der Waals surface area (Å²) in [5.74, 6) is -1.11. The van der Waals surface area contributed by atoms with Gasteiger partial charge in [-0.15, -0.1) is 0 Å². The van der Waals surface area contributed by atoms with Crippen molar-refractivity contribution in [3.8, 4) is 0 Å². The number of ether oxygens (including phenoxy) is 2. The smallest absolute Gasteiger partial charge is 0.462 e. The molecule has 10 nitrogen and oxygen atoms in total. The third-order valence-corrected chi connectivity index (χ3v) is 9.04. The number of unbranched alkanes of at least 4 members (excludes halogenated alkanes) is 7. The standard InChI is InChI=1S/C45H74NO9P/c1-3-5-7-9-11-13-15-17-18-19-20-22-24-26-28-30-32-36-45(49)55-43(41-54-56(50,51)53-39-38-46)40-52-44(48)37-33-35-42(47)34-31-29-27-25-23-21-16-14-12-10-8-6-4-2/h5,7,11,13,17-18,20-23,26-29,31,34,42-43,47H,3-4,6,8-10,12,14-16,19,24-25,30,32-33,35-41,46H2,1-2H3,(H,50,51)/b7-5-,13-11-,18-17-,22-20-,23-21+,28-26-,29-27+,34-31+/t42?,43-/m1/s1. The van der Waals surface area contributed by atoms with E-state index < -0.39 is 38.6 Å². The molecule has 0 saturated heterocycles. The summed E-state index contributed by atoms with van der Waals surface area (Å²) in [6.45, 7) is 3.29. The number of nitrogens with two attached hydrogens (primary N) is 1. The number of phosphoric ester groups is 1. The molecule has 2 unspecified atom stereocenters. The van der Waals surface area contributed by atoms with E-state index in [0.717, 1.165) is 44.9 Å². The molecule has 3 atom stereocenters. The van der Waals surface area contributed by atoms with Crippen molar-refractivity contribution in [3.05, 3.63) is 97.2 Å². The lowest BCUT2D eigenvalue weighted by Gasteiger charge is -2.19. The molecule has 0 aliphatic carbocycles. The Morgan fingerprint density at radius 3 is 1.82 bits per heavy atom. The maximum atomic E-state index is 12.5. The van der Waals surface area contributed by atoms with Crippen LogP contribution in [0.3, 0.4) is 0 Å². The molecule has 318 valence electrons. The Morgan fingerprint density at radius 1 is 0.643 bits per heavy atom. The summed E-state index contributed by atoms with van der Waals surface area (Å²) < 4.78 is 32.5. The highest BCUT2D eigenvalue weighted by Gasteiger charge is 2.26. The van der Waals surface area contributed by atoms with Crippen LogP contribution in [-0.4, -0.2) is 60.5 Å². The summed E-state index contributed by atoms with van der Waals surface area (Å²) in [6.07, 6.45) is 47.7. The van der Waals surface area contributed by atoms with Gasteiger partial charge in [-0.25, -0.2) is 4.57 Å². The van der Waals surface area contributed by atoms with E-state index in [-0.39, 0.29) is 32.6 Å². The lowest BCUT2D eigenvalue weighted by Crippen LogP contribution is -2.29. The Balaban J connectivity index is 4.48. The van der Waals surface area contributed by atoms with Gasteiger partial charge >= 0.3 is 19.8 Å². The molecule has 0 aromatic carbocycles. The zero-order valence-electron chi connectivity index (χ0n) is 34.4. The monoisotopic (exact) mass is 804 g/mol. The number of allylic oxidation sites excluding steroid dienone is 15. The number of carbonyl (C=O) groups is 2. The summed E-state index contributed by atoms with van der Waals surface area (Å²) in [5.41, 5.74) is 5.33. The van der Waals surface area contributed by atoms with Gasteiger partial charge in [-0.3, -0.25) is 18.6 Å². The van der Waals surface area contributed by atoms with E-state index >= 15 is 0 Å². The van der Waals surface area contributed by atoms with Crippen LogP contribution in [0.4, 0.5) is 0 Å². The zero-order chi connectivity index (χ0) is 41.2. The third-order valence-electron chi connectivity index (χ3n) is 8.06. The first kappa shape index (κ1) is 52.9. The number of hydrogen-bond acceptors (Lipinski definition) is 9. The van der Waals surface area contributed by atoms with Gasteiger partial charge in [0, 0.05) is 19.4 Å². The van der Waals surface area contributed by atoms with Gasteiger partial charge in [0.25, 0.3) is 0 Å². The van der Waals surface area contributed by atoms with E-state index in [0.29, 0.717) is 25.7 Å². The van der Waals surface area contributed by atoms with E-state index in [9.17, 15) is 24.2 Å². The van der Waals surface area contributed by atoms with Crippen LogP contribution in [0.25, 0.3) is 0 Å². The largest absolute Gasteiger partial charge is 0.472 e. The maximum Gasteiger partial charge on any atom is 0.472 e. The summed E-state index contributed by atoms with van der Waals surface area (Å²) in [7, 11) is -4.44. The summed E-state index contributed by atoms with van der Waals surface area (Å²) in [5, 5.41) is 10.2. The van der Waals surface area contributed by atoms with E-state index in [1.165, 1.54) is 38.5 Å². The van der Waals surface area contributed by atoms with Crippen LogP contribution in [0, 0.1) is 0 Å². The predicted octanol–water partition coefficient (Wildman–Crippen LogP) is 10.8. The van der Waals surface area contributed by atoms with Gasteiger partial charge < -0.3 is 25.2 Å². The van der Waals surface area contributed by atoms with Gasteiger partial charge in [0.1, 0.15) is 6.61 Å². The van der Waals surface area contributed by atoms with Crippen LogP contribution >= 0.6 is 7.82 Å². The maximum absolute atomic E-state index is 12.5. The molecule has 11 heteroatoms. The quantitative estimate of drug-likeness (QED) is 0.0182. The minimum Gasteiger partial charge on any atom is -0.462 e. The summed E-state index contributed by atoms with van der Waals surface area (Å²) in [4.78, 5) is 34.8. The molecule has 0 aliphatic heterocycles.